The molecular formula is C5H6N2O3S. The zero-order valence-electron chi connectivity index (χ0n) is 5.44. The highest BCUT2D eigenvalue weighted by molar-refractivity contribution is 7.10. The highest BCUT2D eigenvalue weighted by Gasteiger charge is 2.04. The molecule has 3 N–H and O–H groups in total. The van der Waals surface area contributed by atoms with Gasteiger partial charge in [-0.3, -0.25) is 15.5 Å². The Morgan fingerprint density at radius 1 is 1.82 bits per heavy atom. The maximum Gasteiger partial charge on any atom is 0.310 e. The second-order valence-electron chi connectivity index (χ2n) is 1.81. The van der Waals surface area contributed by atoms with E-state index in [1.165, 1.54) is 16.7 Å². The summed E-state index contributed by atoms with van der Waals surface area (Å²) in [5.74, 6) is -0.643. The predicted molar refractivity (Wildman–Crippen MR) is 38.9 cm³/mol. The Morgan fingerprint density at radius 3 is 3.00 bits per heavy atom. The van der Waals surface area contributed by atoms with Crippen LogP contribution in [0, 0.1) is 0 Å². The van der Waals surface area contributed by atoms with Gasteiger partial charge in [0.2, 0.25) is 0 Å². The van der Waals surface area contributed by atoms with E-state index in [0.717, 1.165) is 0 Å². The minimum atomic E-state index is -0.927. The molecule has 0 aliphatic carbocycles. The molecule has 1 rings (SSSR count). The second-order valence-corrected chi connectivity index (χ2v) is 2.75. The highest BCUT2D eigenvalue weighted by Crippen LogP contribution is 2.13. The van der Waals surface area contributed by atoms with Crippen LogP contribution in [0.3, 0.4) is 0 Å². The topological polar surface area (TPSA) is 82.5 Å². The van der Waals surface area contributed by atoms with Gasteiger partial charge in [0.05, 0.1) is 6.42 Å². The minimum absolute atomic E-state index is 0.105. The van der Waals surface area contributed by atoms with Crippen molar-refractivity contribution in [2.75, 3.05) is 5.48 Å². The van der Waals surface area contributed by atoms with Gasteiger partial charge in [0.15, 0.2) is 5.82 Å². The first-order valence-electron chi connectivity index (χ1n) is 2.78. The van der Waals surface area contributed by atoms with Crippen molar-refractivity contribution in [3.63, 3.8) is 0 Å². The van der Waals surface area contributed by atoms with Crippen molar-refractivity contribution in [3.8, 4) is 0 Å². The molecule has 1 heterocycles. The number of aliphatic carboxylic acids is 1. The fraction of sp³-hybridized carbons (Fsp3) is 0.200. The number of carboxylic acid groups (broad SMARTS) is 1. The standard InChI is InChI=1S/C5H6N2O3S/c8-5(9)1-4-6-3(7-10)2-11-4/h2,7,10H,1H2,(H,8,9). The van der Waals surface area contributed by atoms with Gasteiger partial charge >= 0.3 is 5.97 Å². The van der Waals surface area contributed by atoms with E-state index >= 15 is 0 Å². The maximum absolute atomic E-state index is 10.2. The molecule has 0 aromatic carbocycles. The van der Waals surface area contributed by atoms with Crippen molar-refractivity contribution < 1.29 is 15.1 Å². The van der Waals surface area contributed by atoms with Crippen LogP contribution in [0.25, 0.3) is 0 Å². The SMILES string of the molecule is O=C(O)Cc1nc(NO)cs1. The average Bonchev–Trinajstić information content (AvgIpc) is 2.34. The molecule has 11 heavy (non-hydrogen) atoms. The third kappa shape index (κ3) is 2.17. The van der Waals surface area contributed by atoms with Crippen molar-refractivity contribution in [1.29, 1.82) is 0 Å². The second kappa shape index (κ2) is 3.31. The predicted octanol–water partition coefficient (Wildman–Crippen LogP) is 0.571. The summed E-state index contributed by atoms with van der Waals surface area (Å²) in [6.07, 6.45) is -0.105. The molecule has 6 heteroatoms. The quantitative estimate of drug-likeness (QED) is 0.583. The molecule has 0 bridgehead atoms. The molecule has 0 spiro atoms. The number of nitrogens with one attached hydrogen (secondary N) is 1. The summed E-state index contributed by atoms with van der Waals surface area (Å²) in [4.78, 5) is 13.9. The zero-order valence-corrected chi connectivity index (χ0v) is 6.26. The summed E-state index contributed by atoms with van der Waals surface area (Å²) in [6.45, 7) is 0. The number of hydrogen-bond donors (Lipinski definition) is 3. The fourth-order valence-electron chi connectivity index (χ4n) is 0.573. The smallest absolute Gasteiger partial charge is 0.310 e. The minimum Gasteiger partial charge on any atom is -0.481 e. The van der Waals surface area contributed by atoms with Crippen molar-refractivity contribution in [3.05, 3.63) is 10.4 Å². The highest BCUT2D eigenvalue weighted by atomic mass is 32.1. The number of rotatable bonds is 3. The molecule has 5 nitrogen and oxygen atoms in total. The van der Waals surface area contributed by atoms with Gasteiger partial charge < -0.3 is 5.11 Å². The Morgan fingerprint density at radius 2 is 2.55 bits per heavy atom. The zero-order chi connectivity index (χ0) is 8.27. The first-order chi connectivity index (χ1) is 5.22. The van der Waals surface area contributed by atoms with Crippen molar-refractivity contribution in [2.24, 2.45) is 0 Å². The first-order valence-corrected chi connectivity index (χ1v) is 3.66. The summed E-state index contributed by atoms with van der Waals surface area (Å²) in [5.41, 5.74) is 1.83. The number of nitrogens with zero attached hydrogens (tertiary/aromatic N) is 1. The molecule has 1 aromatic heterocycles. The van der Waals surface area contributed by atoms with Crippen LogP contribution in [0.4, 0.5) is 5.82 Å². The molecule has 0 saturated heterocycles. The summed E-state index contributed by atoms with van der Waals surface area (Å²) >= 11 is 1.19. The lowest BCUT2D eigenvalue weighted by atomic mass is 10.5. The molecule has 0 aliphatic heterocycles. The summed E-state index contributed by atoms with van der Waals surface area (Å²) in [6, 6.07) is 0. The van der Waals surface area contributed by atoms with Gasteiger partial charge in [-0.15, -0.1) is 11.3 Å². The van der Waals surface area contributed by atoms with E-state index in [9.17, 15) is 4.79 Å². The number of carboxylic acids is 1. The average molecular weight is 174 g/mol. The number of thiazole rings is 1. The lowest BCUT2D eigenvalue weighted by Gasteiger charge is -1.88. The van der Waals surface area contributed by atoms with Crippen molar-refractivity contribution in [1.82, 2.24) is 4.98 Å². The van der Waals surface area contributed by atoms with Gasteiger partial charge in [0.1, 0.15) is 5.01 Å². The van der Waals surface area contributed by atoms with E-state index in [-0.39, 0.29) is 12.2 Å². The first kappa shape index (κ1) is 7.96. The number of hydrogen-bond acceptors (Lipinski definition) is 5. The largest absolute Gasteiger partial charge is 0.481 e. The Balaban J connectivity index is 2.65. The molecule has 0 atom stereocenters. The van der Waals surface area contributed by atoms with E-state index in [1.54, 1.807) is 0 Å². The van der Waals surface area contributed by atoms with Gasteiger partial charge in [0, 0.05) is 5.38 Å². The van der Waals surface area contributed by atoms with E-state index in [2.05, 4.69) is 4.98 Å². The molecule has 60 valence electrons. The fourth-order valence-corrected chi connectivity index (χ4v) is 1.28. The van der Waals surface area contributed by atoms with Gasteiger partial charge in [0.25, 0.3) is 0 Å². The van der Waals surface area contributed by atoms with Gasteiger partial charge in [-0.25, -0.2) is 4.98 Å². The molecule has 0 aliphatic rings. The van der Waals surface area contributed by atoms with Crippen molar-refractivity contribution >= 4 is 23.1 Å². The molecule has 1 aromatic rings. The van der Waals surface area contributed by atoms with Crippen LogP contribution >= 0.6 is 11.3 Å². The number of carbonyl (C=O) groups is 1. The normalized spacial score (nSPS) is 9.55. The van der Waals surface area contributed by atoms with Crippen LogP contribution in [-0.4, -0.2) is 21.3 Å². The lowest BCUT2D eigenvalue weighted by Crippen LogP contribution is -1.99. The van der Waals surface area contributed by atoms with E-state index in [1.807, 2.05) is 5.48 Å². The van der Waals surface area contributed by atoms with Crippen LogP contribution in [0.5, 0.6) is 0 Å². The summed E-state index contributed by atoms with van der Waals surface area (Å²) in [5, 5.41) is 18.7. The summed E-state index contributed by atoms with van der Waals surface area (Å²) < 4.78 is 0. The van der Waals surface area contributed by atoms with E-state index in [0.29, 0.717) is 5.01 Å². The van der Waals surface area contributed by atoms with Crippen LogP contribution in [-0.2, 0) is 11.2 Å². The molecule has 0 unspecified atom stereocenters. The molecule has 0 saturated carbocycles. The number of aromatic nitrogens is 1. The third-order valence-electron chi connectivity index (χ3n) is 0.969. The Hall–Kier alpha value is -1.14. The van der Waals surface area contributed by atoms with E-state index in [4.69, 9.17) is 10.3 Å². The van der Waals surface area contributed by atoms with E-state index < -0.39 is 5.97 Å². The monoisotopic (exact) mass is 174 g/mol. The summed E-state index contributed by atoms with van der Waals surface area (Å²) in [7, 11) is 0. The van der Waals surface area contributed by atoms with Crippen LogP contribution in [0.1, 0.15) is 5.01 Å². The Kier molecular flexibility index (Phi) is 2.40. The van der Waals surface area contributed by atoms with Gasteiger partial charge in [-0.2, -0.15) is 0 Å². The van der Waals surface area contributed by atoms with Crippen LogP contribution in [0.15, 0.2) is 5.38 Å². The maximum atomic E-state index is 10.2. The van der Waals surface area contributed by atoms with Gasteiger partial charge in [-0.1, -0.05) is 0 Å². The molecule has 0 radical (unpaired) electrons. The van der Waals surface area contributed by atoms with Crippen molar-refractivity contribution in [2.45, 2.75) is 6.42 Å². The molecular weight excluding hydrogens is 168 g/mol. The third-order valence-corrected chi connectivity index (χ3v) is 1.82. The number of anilines is 1. The van der Waals surface area contributed by atoms with Crippen LogP contribution < -0.4 is 5.48 Å². The van der Waals surface area contributed by atoms with Crippen LogP contribution in [0.2, 0.25) is 0 Å². The molecule has 0 amide bonds. The lowest BCUT2D eigenvalue weighted by molar-refractivity contribution is -0.136. The Bertz CT molecular complexity index is 260. The van der Waals surface area contributed by atoms with Gasteiger partial charge in [-0.05, 0) is 0 Å². The molecule has 0 fully saturated rings. The Labute approximate surface area is 66.3 Å².